The Morgan fingerprint density at radius 2 is 0.587 bits per heavy atom. The second kappa shape index (κ2) is 24.7. The Morgan fingerprint density at radius 3 is 1.01 bits per heavy atom. The molecule has 18 aromatic carbocycles. The quantitative estimate of drug-likeness (QED) is 0.106. The molecular formula is C104H77BN4. The molecule has 0 unspecified atom stereocenters. The lowest BCUT2D eigenvalue weighted by Crippen LogP contribution is -2.61. The largest absolute Gasteiger partial charge is 0.311 e. The standard InChI is InChI=1S/C104H77BN4/c1-103(2,3)72-43-56-96-92(59-72)93-60-73(104(4,5)6)44-57-97(93)107(96)78-51-54-94-99(63-78)109(77-50-53-89-85-35-19-17-31-81(85)83-33-21-23-37-87(83)91(89)62-77)101-65-79(106(74-45-38-69(39-46-74)66-24-10-7-11-25-66)75-47-40-70(41-48-75)67-26-12-8-13-27-67)64-100-102(101)105(94)95-58-71(68-28-14-9-15-29-68)42-55-98(95)108(100)76-49-52-88-84-34-18-16-30-80(84)82-32-20-22-36-86(82)90(88)61-76/h7-65H,1-6H3. The third-order valence-corrected chi connectivity index (χ3v) is 23.6. The van der Waals surface area contributed by atoms with Crippen molar-refractivity contribution in [3.8, 4) is 39.1 Å². The number of nitrogens with zero attached hydrogens (tertiary/aromatic N) is 4. The Morgan fingerprint density at radius 1 is 0.229 bits per heavy atom. The first-order chi connectivity index (χ1) is 53.3. The second-order valence-corrected chi connectivity index (χ2v) is 32.0. The van der Waals surface area contributed by atoms with Crippen LogP contribution in [-0.4, -0.2) is 11.3 Å². The van der Waals surface area contributed by atoms with Crippen LogP contribution in [0.5, 0.6) is 0 Å². The molecule has 0 atom stereocenters. The molecule has 0 aliphatic carbocycles. The van der Waals surface area contributed by atoms with Gasteiger partial charge in [-0.1, -0.05) is 296 Å². The predicted molar refractivity (Wildman–Crippen MR) is 468 cm³/mol. The summed E-state index contributed by atoms with van der Waals surface area (Å²) >= 11 is 0. The highest BCUT2D eigenvalue weighted by Crippen LogP contribution is 2.52. The van der Waals surface area contributed by atoms with Gasteiger partial charge >= 0.3 is 0 Å². The monoisotopic (exact) mass is 1390 g/mol. The summed E-state index contributed by atoms with van der Waals surface area (Å²) in [6.07, 6.45) is 0. The summed E-state index contributed by atoms with van der Waals surface area (Å²) in [7, 11) is 0. The number of rotatable bonds is 9. The molecule has 0 radical (unpaired) electrons. The van der Waals surface area contributed by atoms with E-state index in [1.165, 1.54) is 136 Å². The summed E-state index contributed by atoms with van der Waals surface area (Å²) in [5.41, 5.74) is 26.4. The lowest BCUT2D eigenvalue weighted by atomic mass is 9.33. The smallest absolute Gasteiger partial charge is 0.252 e. The van der Waals surface area contributed by atoms with Gasteiger partial charge in [-0.3, -0.25) is 0 Å². The average Bonchev–Trinajstić information content (AvgIpc) is 0.900. The van der Waals surface area contributed by atoms with Gasteiger partial charge in [-0.25, -0.2) is 0 Å². The van der Waals surface area contributed by atoms with Gasteiger partial charge in [-0.2, -0.15) is 0 Å². The van der Waals surface area contributed by atoms with Gasteiger partial charge < -0.3 is 19.3 Å². The van der Waals surface area contributed by atoms with E-state index in [4.69, 9.17) is 0 Å². The zero-order chi connectivity index (χ0) is 73.0. The molecule has 21 rings (SSSR count). The van der Waals surface area contributed by atoms with Gasteiger partial charge in [0.05, 0.1) is 16.7 Å². The van der Waals surface area contributed by atoms with Crippen LogP contribution in [0.2, 0.25) is 0 Å². The molecule has 1 aromatic heterocycles. The lowest BCUT2D eigenvalue weighted by Gasteiger charge is -2.45. The molecule has 0 bridgehead atoms. The maximum absolute atomic E-state index is 2.66. The van der Waals surface area contributed by atoms with E-state index in [0.29, 0.717) is 0 Å². The Kier molecular flexibility index (Phi) is 14.5. The zero-order valence-corrected chi connectivity index (χ0v) is 61.9. The molecule has 0 spiro atoms. The third-order valence-electron chi connectivity index (χ3n) is 23.6. The SMILES string of the molecule is CC(C)(C)c1ccc2c(c1)c1cc(C(C)(C)C)ccc1n2-c1ccc2c(c1)N(c1ccc3c4ccccc4c4ccccc4c3c1)c1cc(N(c3ccc(-c4ccccc4)cc3)c3ccc(-c4ccccc4)cc3)cc3c1B2c1cc(-c2ccccc2)ccc1N3c1ccc2c3ccccc3c3ccccc3c2c1. The first kappa shape index (κ1) is 64.2. The molecule has 0 amide bonds. The molecule has 0 N–H and O–H groups in total. The van der Waals surface area contributed by atoms with Crippen LogP contribution in [0.15, 0.2) is 358 Å². The summed E-state index contributed by atoms with van der Waals surface area (Å²) in [4.78, 5) is 7.78. The van der Waals surface area contributed by atoms with E-state index in [-0.39, 0.29) is 17.5 Å². The Hall–Kier alpha value is -13.2. The van der Waals surface area contributed by atoms with Gasteiger partial charge in [-0.15, -0.1) is 0 Å². The fourth-order valence-electron chi connectivity index (χ4n) is 18.2. The molecule has 3 heterocycles. The van der Waals surface area contributed by atoms with Gasteiger partial charge in [0.15, 0.2) is 0 Å². The minimum Gasteiger partial charge on any atom is -0.311 e. The van der Waals surface area contributed by atoms with Crippen LogP contribution < -0.4 is 31.1 Å². The van der Waals surface area contributed by atoms with E-state index in [1.807, 2.05) is 0 Å². The van der Waals surface area contributed by atoms with Crippen molar-refractivity contribution in [3.05, 3.63) is 369 Å². The normalized spacial score (nSPS) is 12.8. The van der Waals surface area contributed by atoms with E-state index < -0.39 is 0 Å². The van der Waals surface area contributed by atoms with Crippen molar-refractivity contribution in [2.45, 2.75) is 52.4 Å². The fourth-order valence-corrected chi connectivity index (χ4v) is 18.2. The molecule has 109 heavy (non-hydrogen) atoms. The maximum Gasteiger partial charge on any atom is 0.252 e. The second-order valence-electron chi connectivity index (χ2n) is 32.0. The number of hydrogen-bond donors (Lipinski definition) is 0. The first-order valence-corrected chi connectivity index (χ1v) is 38.3. The van der Waals surface area contributed by atoms with Gasteiger partial charge in [-0.05, 0) is 239 Å². The number of fused-ring (bicyclic) bond motifs is 19. The highest BCUT2D eigenvalue weighted by Gasteiger charge is 2.45. The molecule has 2 aliphatic heterocycles. The van der Waals surface area contributed by atoms with Crippen molar-refractivity contribution in [1.82, 2.24) is 4.57 Å². The summed E-state index contributed by atoms with van der Waals surface area (Å²) < 4.78 is 2.55. The number of hydrogen-bond acceptors (Lipinski definition) is 3. The Bertz CT molecular complexity index is 6700. The molecule has 0 saturated heterocycles. The lowest BCUT2D eigenvalue weighted by molar-refractivity contribution is 0.590. The molecule has 0 saturated carbocycles. The highest BCUT2D eigenvalue weighted by atomic mass is 15.2. The molecule has 19 aromatic rings. The van der Waals surface area contributed by atoms with E-state index in [1.54, 1.807) is 0 Å². The van der Waals surface area contributed by atoms with Crippen LogP contribution in [0.3, 0.4) is 0 Å². The summed E-state index contributed by atoms with van der Waals surface area (Å²) in [6.45, 7) is 13.7. The first-order valence-electron chi connectivity index (χ1n) is 38.3. The number of aromatic nitrogens is 1. The summed E-state index contributed by atoms with van der Waals surface area (Å²) in [6, 6.07) is 136. The maximum atomic E-state index is 2.66. The minimum absolute atomic E-state index is 0.0598. The fraction of sp³-hybridized carbons (Fsp3) is 0.0769. The number of benzene rings is 18. The van der Waals surface area contributed by atoms with Crippen LogP contribution in [0.1, 0.15) is 52.7 Å². The van der Waals surface area contributed by atoms with E-state index in [0.717, 1.165) is 68.0 Å². The third kappa shape index (κ3) is 10.4. The van der Waals surface area contributed by atoms with Crippen LogP contribution in [0.25, 0.3) is 126 Å². The van der Waals surface area contributed by atoms with Gasteiger partial charge in [0.1, 0.15) is 0 Å². The molecule has 2 aliphatic rings. The average molecular weight is 1390 g/mol. The predicted octanol–water partition coefficient (Wildman–Crippen LogP) is 26.9. The van der Waals surface area contributed by atoms with Crippen molar-refractivity contribution in [1.29, 1.82) is 0 Å². The number of anilines is 9. The summed E-state index contributed by atoms with van der Waals surface area (Å²) in [5, 5.41) is 17.3. The van der Waals surface area contributed by atoms with Crippen LogP contribution in [-0.2, 0) is 10.8 Å². The molecular weight excluding hydrogens is 1320 g/mol. The van der Waals surface area contributed by atoms with Crippen molar-refractivity contribution >= 4 is 161 Å². The Balaban J connectivity index is 0.901. The van der Waals surface area contributed by atoms with Crippen molar-refractivity contribution in [2.24, 2.45) is 0 Å². The highest BCUT2D eigenvalue weighted by molar-refractivity contribution is 7.00. The van der Waals surface area contributed by atoms with Crippen LogP contribution >= 0.6 is 0 Å². The minimum atomic E-state index is -0.240. The van der Waals surface area contributed by atoms with E-state index in [9.17, 15) is 0 Å². The Labute approximate surface area is 636 Å². The van der Waals surface area contributed by atoms with Crippen molar-refractivity contribution in [2.75, 3.05) is 14.7 Å². The van der Waals surface area contributed by atoms with E-state index >= 15 is 0 Å². The molecule has 0 fully saturated rings. The van der Waals surface area contributed by atoms with Crippen molar-refractivity contribution < 1.29 is 0 Å². The van der Waals surface area contributed by atoms with Gasteiger partial charge in [0.2, 0.25) is 0 Å². The van der Waals surface area contributed by atoms with Crippen LogP contribution in [0, 0.1) is 0 Å². The van der Waals surface area contributed by atoms with Crippen molar-refractivity contribution in [3.63, 3.8) is 0 Å². The van der Waals surface area contributed by atoms with Gasteiger partial charge in [0.25, 0.3) is 6.71 Å². The van der Waals surface area contributed by atoms with E-state index in [2.05, 4.69) is 419 Å². The zero-order valence-electron chi connectivity index (χ0n) is 61.9. The topological polar surface area (TPSA) is 14.7 Å². The molecule has 4 nitrogen and oxygen atoms in total. The molecule has 5 heteroatoms. The van der Waals surface area contributed by atoms with Gasteiger partial charge in [0, 0.05) is 62.0 Å². The summed E-state index contributed by atoms with van der Waals surface area (Å²) in [5.74, 6) is 0. The molecule has 516 valence electrons. The van der Waals surface area contributed by atoms with Crippen LogP contribution in [0.4, 0.5) is 51.2 Å².